The highest BCUT2D eigenvalue weighted by molar-refractivity contribution is 8.00. The van der Waals surface area contributed by atoms with Crippen molar-refractivity contribution in [2.24, 2.45) is 0 Å². The number of nitrogens with zero attached hydrogens (tertiary/aromatic N) is 3. The van der Waals surface area contributed by atoms with Gasteiger partial charge in [-0.25, -0.2) is 4.98 Å². The molecule has 132 valence electrons. The third-order valence-corrected chi connectivity index (χ3v) is 6.84. The monoisotopic (exact) mass is 381 g/mol. The summed E-state index contributed by atoms with van der Waals surface area (Å²) in [4.78, 5) is 20.4. The lowest BCUT2D eigenvalue weighted by Crippen LogP contribution is -2.22. The number of rotatable bonds is 3. The summed E-state index contributed by atoms with van der Waals surface area (Å²) in [6.45, 7) is 3.86. The molecule has 26 heavy (non-hydrogen) atoms. The Morgan fingerprint density at radius 3 is 2.73 bits per heavy atom. The maximum Gasteiger partial charge on any atom is 0.267 e. The average molecular weight is 382 g/mol. The Hall–Kier alpha value is -2.10. The van der Waals surface area contributed by atoms with Gasteiger partial charge in [0.2, 0.25) is 0 Å². The van der Waals surface area contributed by atoms with Gasteiger partial charge >= 0.3 is 0 Å². The molecular weight excluding hydrogens is 362 g/mol. The van der Waals surface area contributed by atoms with Crippen molar-refractivity contribution in [1.29, 1.82) is 5.26 Å². The highest BCUT2D eigenvalue weighted by atomic mass is 32.2. The van der Waals surface area contributed by atoms with Crippen molar-refractivity contribution in [3.05, 3.63) is 50.6 Å². The molecule has 0 amide bonds. The van der Waals surface area contributed by atoms with Crippen LogP contribution in [0.15, 0.2) is 34.2 Å². The first kappa shape index (κ1) is 17.3. The van der Waals surface area contributed by atoms with Crippen molar-refractivity contribution < 1.29 is 0 Å². The summed E-state index contributed by atoms with van der Waals surface area (Å²) in [5.41, 5.74) is 3.13. The molecule has 0 saturated heterocycles. The van der Waals surface area contributed by atoms with Crippen LogP contribution < -0.4 is 5.56 Å². The molecular formula is C20H19N3OS2. The maximum atomic E-state index is 13.5. The van der Waals surface area contributed by atoms with E-state index in [9.17, 15) is 10.1 Å². The van der Waals surface area contributed by atoms with Crippen molar-refractivity contribution in [2.45, 2.75) is 49.9 Å². The predicted molar refractivity (Wildman–Crippen MR) is 108 cm³/mol. The number of aromatic nitrogens is 2. The van der Waals surface area contributed by atoms with Crippen LogP contribution in [0, 0.1) is 18.3 Å². The number of thiophene rings is 1. The van der Waals surface area contributed by atoms with Crippen LogP contribution in [0.2, 0.25) is 0 Å². The lowest BCUT2D eigenvalue weighted by Gasteiger charge is -2.14. The molecule has 0 aliphatic heterocycles. The molecule has 6 heteroatoms. The fourth-order valence-electron chi connectivity index (χ4n) is 3.37. The molecule has 1 atom stereocenters. The van der Waals surface area contributed by atoms with E-state index in [0.29, 0.717) is 5.16 Å². The minimum absolute atomic E-state index is 0.00843. The highest BCUT2D eigenvalue weighted by Crippen LogP contribution is 2.35. The van der Waals surface area contributed by atoms with Crippen molar-refractivity contribution in [3.8, 4) is 11.8 Å². The largest absolute Gasteiger partial charge is 0.268 e. The Balaban J connectivity index is 2.01. The molecule has 0 radical (unpaired) electrons. The van der Waals surface area contributed by atoms with Gasteiger partial charge in [-0.15, -0.1) is 11.3 Å². The van der Waals surface area contributed by atoms with E-state index in [1.54, 1.807) is 15.9 Å². The number of fused-ring (bicyclic) bond motifs is 3. The molecule has 1 aromatic carbocycles. The zero-order valence-electron chi connectivity index (χ0n) is 14.8. The Morgan fingerprint density at radius 1 is 1.27 bits per heavy atom. The van der Waals surface area contributed by atoms with Gasteiger partial charge in [-0.1, -0.05) is 29.5 Å². The fraction of sp³-hybridized carbons (Fsp3) is 0.350. The third-order valence-electron chi connectivity index (χ3n) is 4.71. The van der Waals surface area contributed by atoms with E-state index in [-0.39, 0.29) is 10.8 Å². The van der Waals surface area contributed by atoms with E-state index in [2.05, 4.69) is 6.07 Å². The van der Waals surface area contributed by atoms with E-state index >= 15 is 0 Å². The SMILES string of the molecule is Cc1ccc(-n2c(S[C@@H](C)C#N)nc3sc4c(c3c2=O)CCCC4)cc1. The van der Waals surface area contributed by atoms with Gasteiger partial charge < -0.3 is 0 Å². The Kier molecular flexibility index (Phi) is 4.60. The van der Waals surface area contributed by atoms with Crippen LogP contribution in [0.25, 0.3) is 15.9 Å². The average Bonchev–Trinajstić information content (AvgIpc) is 3.01. The molecule has 0 saturated carbocycles. The summed E-state index contributed by atoms with van der Waals surface area (Å²) in [5, 5.41) is 10.3. The van der Waals surface area contributed by atoms with Crippen molar-refractivity contribution >= 4 is 33.3 Å². The van der Waals surface area contributed by atoms with Gasteiger partial charge in [-0.05, 0) is 57.2 Å². The smallest absolute Gasteiger partial charge is 0.267 e. The van der Waals surface area contributed by atoms with Gasteiger partial charge in [-0.2, -0.15) is 5.26 Å². The number of nitriles is 1. The maximum absolute atomic E-state index is 13.5. The molecule has 4 rings (SSSR count). The van der Waals surface area contributed by atoms with Crippen LogP contribution in [-0.2, 0) is 12.8 Å². The van der Waals surface area contributed by atoms with Crippen molar-refractivity contribution in [3.63, 3.8) is 0 Å². The lowest BCUT2D eigenvalue weighted by atomic mass is 9.97. The molecule has 1 aliphatic rings. The summed E-state index contributed by atoms with van der Waals surface area (Å²) in [6, 6.07) is 10.1. The quantitative estimate of drug-likeness (QED) is 0.490. The van der Waals surface area contributed by atoms with Gasteiger partial charge in [0.25, 0.3) is 5.56 Å². The summed E-state index contributed by atoms with van der Waals surface area (Å²) >= 11 is 2.99. The molecule has 0 spiro atoms. The second-order valence-electron chi connectivity index (χ2n) is 6.65. The molecule has 4 nitrogen and oxygen atoms in total. The van der Waals surface area contributed by atoms with E-state index in [0.717, 1.165) is 40.7 Å². The minimum atomic E-state index is -0.273. The van der Waals surface area contributed by atoms with Gasteiger partial charge in [0.15, 0.2) is 5.16 Å². The van der Waals surface area contributed by atoms with Crippen LogP contribution in [0.5, 0.6) is 0 Å². The van der Waals surface area contributed by atoms with Crippen molar-refractivity contribution in [2.75, 3.05) is 0 Å². The first-order chi connectivity index (χ1) is 12.6. The highest BCUT2D eigenvalue weighted by Gasteiger charge is 2.23. The van der Waals surface area contributed by atoms with E-state index < -0.39 is 0 Å². The zero-order chi connectivity index (χ0) is 18.3. The first-order valence-corrected chi connectivity index (χ1v) is 10.5. The van der Waals surface area contributed by atoms with Crippen molar-refractivity contribution in [1.82, 2.24) is 9.55 Å². The lowest BCUT2D eigenvalue weighted by molar-refractivity contribution is 0.699. The molecule has 0 unspecified atom stereocenters. The van der Waals surface area contributed by atoms with Gasteiger partial charge in [0, 0.05) is 4.88 Å². The molecule has 3 aromatic rings. The number of aryl methyl sites for hydroxylation is 3. The number of benzene rings is 1. The normalized spacial score (nSPS) is 14.8. The van der Waals surface area contributed by atoms with Crippen LogP contribution in [-0.4, -0.2) is 14.8 Å². The number of hydrogen-bond donors (Lipinski definition) is 0. The number of thioether (sulfide) groups is 1. The molecule has 2 heterocycles. The van der Waals surface area contributed by atoms with Crippen LogP contribution in [0.1, 0.15) is 35.8 Å². The second-order valence-corrected chi connectivity index (χ2v) is 9.04. The Bertz CT molecular complexity index is 1070. The fourth-order valence-corrected chi connectivity index (χ4v) is 5.49. The summed E-state index contributed by atoms with van der Waals surface area (Å²) in [6.07, 6.45) is 4.31. The predicted octanol–water partition coefficient (Wildman–Crippen LogP) is 4.64. The second kappa shape index (κ2) is 6.90. The van der Waals surface area contributed by atoms with E-state index in [4.69, 9.17) is 4.98 Å². The number of hydrogen-bond acceptors (Lipinski definition) is 5. The summed E-state index contributed by atoms with van der Waals surface area (Å²) in [5.74, 6) is 0. The molecule has 0 bridgehead atoms. The standard InChI is InChI=1S/C20H19N3OS2/c1-12-7-9-14(10-8-12)23-19(24)17-15-5-3-4-6-16(15)26-18(17)22-20(23)25-13(2)11-21/h7-10,13H,3-6H2,1-2H3/t13-/m0/s1. The van der Waals surface area contributed by atoms with Gasteiger partial charge in [-0.3, -0.25) is 9.36 Å². The van der Waals surface area contributed by atoms with Crippen LogP contribution >= 0.6 is 23.1 Å². The summed E-state index contributed by atoms with van der Waals surface area (Å²) < 4.78 is 1.68. The van der Waals surface area contributed by atoms with Gasteiger partial charge in [0.1, 0.15) is 4.83 Å². The Labute approximate surface area is 160 Å². The molecule has 0 N–H and O–H groups in total. The van der Waals surface area contributed by atoms with E-state index in [1.807, 2.05) is 38.1 Å². The minimum Gasteiger partial charge on any atom is -0.268 e. The molecule has 1 aliphatic carbocycles. The first-order valence-electron chi connectivity index (χ1n) is 8.79. The van der Waals surface area contributed by atoms with Crippen LogP contribution in [0.3, 0.4) is 0 Å². The van der Waals surface area contributed by atoms with Gasteiger partial charge in [0.05, 0.1) is 22.4 Å². The van der Waals surface area contributed by atoms with E-state index in [1.165, 1.54) is 28.6 Å². The summed E-state index contributed by atoms with van der Waals surface area (Å²) in [7, 11) is 0. The molecule has 0 fully saturated rings. The third kappa shape index (κ3) is 2.95. The molecule has 2 aromatic heterocycles. The zero-order valence-corrected chi connectivity index (χ0v) is 16.4. The Morgan fingerprint density at radius 2 is 2.00 bits per heavy atom. The topological polar surface area (TPSA) is 58.7 Å². The van der Waals surface area contributed by atoms with Crippen LogP contribution in [0.4, 0.5) is 0 Å².